The first kappa shape index (κ1) is 20.9. The van der Waals surface area contributed by atoms with Crippen LogP contribution >= 0.6 is 0 Å². The molecule has 3 rings (SSSR count). The molecule has 0 radical (unpaired) electrons. The molecule has 0 unspecified atom stereocenters. The molecule has 1 aliphatic heterocycles. The summed E-state index contributed by atoms with van der Waals surface area (Å²) in [5.41, 5.74) is 0.684. The van der Waals surface area contributed by atoms with Gasteiger partial charge in [0.15, 0.2) is 0 Å². The Bertz CT molecular complexity index is 1050. The van der Waals surface area contributed by atoms with Gasteiger partial charge in [-0.15, -0.1) is 0 Å². The van der Waals surface area contributed by atoms with Crippen LogP contribution in [-0.2, 0) is 10.0 Å². The van der Waals surface area contributed by atoms with Gasteiger partial charge >= 0.3 is 0 Å². The Morgan fingerprint density at radius 1 is 1.10 bits per heavy atom. The minimum absolute atomic E-state index is 0.0467. The largest absolute Gasteiger partial charge is 0.321 e. The molecule has 0 aliphatic carbocycles. The fourth-order valence-electron chi connectivity index (χ4n) is 3.13. The van der Waals surface area contributed by atoms with Crippen LogP contribution in [0.4, 0.5) is 11.4 Å². The Morgan fingerprint density at radius 2 is 1.76 bits per heavy atom. The predicted octanol–water partition coefficient (Wildman–Crippen LogP) is 2.09. The third-order valence-corrected chi connectivity index (χ3v) is 6.84. The van der Waals surface area contributed by atoms with Gasteiger partial charge in [-0.1, -0.05) is 12.1 Å². The van der Waals surface area contributed by atoms with Crippen molar-refractivity contribution in [3.05, 3.63) is 63.7 Å². The van der Waals surface area contributed by atoms with Crippen LogP contribution in [0.3, 0.4) is 0 Å². The molecule has 1 amide bonds. The van der Waals surface area contributed by atoms with Gasteiger partial charge in [0.25, 0.3) is 11.6 Å². The fourth-order valence-corrected chi connectivity index (χ4v) is 4.60. The van der Waals surface area contributed by atoms with Gasteiger partial charge < -0.3 is 10.2 Å². The van der Waals surface area contributed by atoms with Gasteiger partial charge in [-0.3, -0.25) is 14.9 Å². The van der Waals surface area contributed by atoms with Crippen molar-refractivity contribution in [3.8, 4) is 0 Å². The van der Waals surface area contributed by atoms with Gasteiger partial charge in [-0.25, -0.2) is 8.42 Å². The lowest BCUT2D eigenvalue weighted by atomic mass is 10.1. The molecular weight excluding hydrogens is 396 g/mol. The van der Waals surface area contributed by atoms with E-state index >= 15 is 0 Å². The number of carbonyl (C=O) groups excluding carboxylic acids is 1. The number of nitrogens with one attached hydrogen (secondary N) is 1. The molecule has 9 nitrogen and oxygen atoms in total. The van der Waals surface area contributed by atoms with E-state index in [1.165, 1.54) is 40.7 Å². The number of hydrogen-bond donors (Lipinski definition) is 1. The van der Waals surface area contributed by atoms with E-state index in [0.717, 1.165) is 0 Å². The van der Waals surface area contributed by atoms with E-state index in [4.69, 9.17) is 0 Å². The normalized spacial score (nSPS) is 15.8. The Hall–Kier alpha value is -2.82. The number of rotatable bonds is 5. The quantitative estimate of drug-likeness (QED) is 0.588. The number of sulfonamides is 1. The van der Waals surface area contributed by atoms with Gasteiger partial charge in [0.2, 0.25) is 10.0 Å². The van der Waals surface area contributed by atoms with Crippen LogP contribution in [0.15, 0.2) is 47.4 Å². The third kappa shape index (κ3) is 4.44. The minimum atomic E-state index is -3.70. The Morgan fingerprint density at radius 3 is 2.41 bits per heavy atom. The van der Waals surface area contributed by atoms with Crippen LogP contribution in [0, 0.1) is 17.0 Å². The number of nitrogens with zero attached hydrogens (tertiary/aromatic N) is 3. The fraction of sp³-hybridized carbons (Fsp3) is 0.316. The Kier molecular flexibility index (Phi) is 5.96. The summed E-state index contributed by atoms with van der Waals surface area (Å²) >= 11 is 0. The van der Waals surface area contributed by atoms with E-state index in [0.29, 0.717) is 37.4 Å². The summed E-state index contributed by atoms with van der Waals surface area (Å²) in [5, 5.41) is 13.7. The molecule has 0 spiro atoms. The third-order valence-electron chi connectivity index (χ3n) is 4.95. The number of carbonyl (C=O) groups is 1. The molecular formula is C19H22N4O5S. The van der Waals surface area contributed by atoms with E-state index in [1.807, 2.05) is 7.05 Å². The highest BCUT2D eigenvalue weighted by molar-refractivity contribution is 7.89. The Labute approximate surface area is 169 Å². The summed E-state index contributed by atoms with van der Waals surface area (Å²) in [6.45, 7) is 3.61. The average Bonchev–Trinajstić information content (AvgIpc) is 2.69. The molecule has 2 aromatic carbocycles. The van der Waals surface area contributed by atoms with Gasteiger partial charge in [0.05, 0.1) is 21.1 Å². The van der Waals surface area contributed by atoms with Crippen molar-refractivity contribution >= 4 is 27.3 Å². The molecule has 154 valence electrons. The first-order valence-electron chi connectivity index (χ1n) is 9.04. The van der Waals surface area contributed by atoms with Gasteiger partial charge in [0.1, 0.15) is 0 Å². The zero-order valence-corrected chi connectivity index (χ0v) is 17.0. The van der Waals surface area contributed by atoms with Crippen LogP contribution in [0.2, 0.25) is 0 Å². The summed E-state index contributed by atoms with van der Waals surface area (Å²) in [7, 11) is -1.77. The minimum Gasteiger partial charge on any atom is -0.321 e. The van der Waals surface area contributed by atoms with Crippen LogP contribution in [0.1, 0.15) is 15.9 Å². The predicted molar refractivity (Wildman–Crippen MR) is 108 cm³/mol. The number of nitro groups is 1. The van der Waals surface area contributed by atoms with Crippen molar-refractivity contribution in [2.45, 2.75) is 11.8 Å². The second-order valence-electron chi connectivity index (χ2n) is 6.90. The van der Waals surface area contributed by atoms with E-state index in [1.54, 1.807) is 13.0 Å². The molecule has 1 fully saturated rings. The molecule has 0 atom stereocenters. The molecule has 1 aliphatic rings. The highest BCUT2D eigenvalue weighted by Crippen LogP contribution is 2.26. The number of amides is 1. The standard InChI is InChI=1S/C19H22N4O5S/c1-14-17(7-4-8-18(14)23(25)26)20-19(24)15-5-3-6-16(13-15)29(27,28)22-11-9-21(2)10-12-22/h3-8,13H,9-12H2,1-2H3,(H,20,24). The Balaban J connectivity index is 1.83. The zero-order valence-electron chi connectivity index (χ0n) is 16.2. The van der Waals surface area contributed by atoms with Crippen molar-refractivity contribution in [1.29, 1.82) is 0 Å². The maximum Gasteiger partial charge on any atom is 0.274 e. The molecule has 0 aromatic heterocycles. The second kappa shape index (κ2) is 8.27. The van der Waals surface area contributed by atoms with Crippen molar-refractivity contribution in [1.82, 2.24) is 9.21 Å². The van der Waals surface area contributed by atoms with E-state index in [9.17, 15) is 23.3 Å². The van der Waals surface area contributed by atoms with Gasteiger partial charge in [-0.05, 0) is 38.2 Å². The number of hydrogen-bond acceptors (Lipinski definition) is 6. The average molecular weight is 418 g/mol. The molecule has 1 heterocycles. The SMILES string of the molecule is Cc1c(NC(=O)c2cccc(S(=O)(=O)N3CCN(C)CC3)c2)cccc1[N+](=O)[O-]. The van der Waals surface area contributed by atoms with E-state index in [2.05, 4.69) is 10.2 Å². The lowest BCUT2D eigenvalue weighted by Gasteiger charge is -2.31. The highest BCUT2D eigenvalue weighted by Gasteiger charge is 2.28. The summed E-state index contributed by atoms with van der Waals surface area (Å²) in [6, 6.07) is 10.2. The number of piperazine rings is 1. The summed E-state index contributed by atoms with van der Waals surface area (Å²) in [6.07, 6.45) is 0. The van der Waals surface area contributed by atoms with Crippen molar-refractivity contribution in [3.63, 3.8) is 0 Å². The first-order chi connectivity index (χ1) is 13.7. The second-order valence-corrected chi connectivity index (χ2v) is 8.83. The number of benzene rings is 2. The molecule has 0 saturated carbocycles. The van der Waals surface area contributed by atoms with Crippen molar-refractivity contribution in [2.75, 3.05) is 38.5 Å². The number of anilines is 1. The maximum absolute atomic E-state index is 12.9. The zero-order chi connectivity index (χ0) is 21.2. The molecule has 1 saturated heterocycles. The monoisotopic (exact) mass is 418 g/mol. The van der Waals surface area contributed by atoms with E-state index in [-0.39, 0.29) is 16.1 Å². The highest BCUT2D eigenvalue weighted by atomic mass is 32.2. The van der Waals surface area contributed by atoms with Crippen molar-refractivity contribution < 1.29 is 18.1 Å². The van der Waals surface area contributed by atoms with Gasteiger partial charge in [0, 0.05) is 37.8 Å². The van der Waals surface area contributed by atoms with Crippen LogP contribution in [-0.4, -0.2) is 61.7 Å². The lowest BCUT2D eigenvalue weighted by Crippen LogP contribution is -2.47. The van der Waals surface area contributed by atoms with Crippen molar-refractivity contribution in [2.24, 2.45) is 0 Å². The molecule has 10 heteroatoms. The topological polar surface area (TPSA) is 113 Å². The van der Waals surface area contributed by atoms with Crippen LogP contribution in [0.25, 0.3) is 0 Å². The maximum atomic E-state index is 12.9. The van der Waals surface area contributed by atoms with E-state index < -0.39 is 20.9 Å². The smallest absolute Gasteiger partial charge is 0.274 e. The lowest BCUT2D eigenvalue weighted by molar-refractivity contribution is -0.385. The molecule has 1 N–H and O–H groups in total. The summed E-state index contributed by atoms with van der Waals surface area (Å²) in [5.74, 6) is -0.538. The van der Waals surface area contributed by atoms with Gasteiger partial charge in [-0.2, -0.15) is 4.31 Å². The summed E-state index contributed by atoms with van der Waals surface area (Å²) in [4.78, 5) is 25.3. The van der Waals surface area contributed by atoms with Crippen LogP contribution < -0.4 is 5.32 Å². The first-order valence-corrected chi connectivity index (χ1v) is 10.5. The molecule has 0 bridgehead atoms. The number of likely N-dealkylation sites (N-methyl/N-ethyl adjacent to an activating group) is 1. The molecule has 2 aromatic rings. The van der Waals surface area contributed by atoms with Crippen LogP contribution in [0.5, 0.6) is 0 Å². The summed E-state index contributed by atoms with van der Waals surface area (Å²) < 4.78 is 27.2. The number of nitro benzene ring substituents is 1. The molecule has 29 heavy (non-hydrogen) atoms.